The number of rotatable bonds is 3. The Bertz CT molecular complexity index is 347. The first-order chi connectivity index (χ1) is 6.97. The fraction of sp³-hybridized carbons (Fsp3) is 0.538. The number of benzene rings is 1. The monoisotopic (exact) mass is 288 g/mol. The Labute approximate surface area is 106 Å². The van der Waals surface area contributed by atoms with E-state index in [1.165, 1.54) is 17.5 Å². The average molecular weight is 290 g/mol. The molecule has 0 saturated carbocycles. The zero-order valence-electron chi connectivity index (χ0n) is 9.77. The minimum atomic E-state index is 0.429. The molecule has 84 valence electrons. The Morgan fingerprint density at radius 3 is 2.40 bits per heavy atom. The quantitative estimate of drug-likeness (QED) is 0.650. The van der Waals surface area contributed by atoms with Gasteiger partial charge in [0.15, 0.2) is 0 Å². The fourth-order valence-corrected chi connectivity index (χ4v) is 2.70. The van der Waals surface area contributed by atoms with E-state index in [0.717, 1.165) is 10.6 Å². The molecule has 0 aromatic heterocycles. The normalized spacial score (nSPS) is 15.1. The first-order valence-electron chi connectivity index (χ1n) is 5.38. The van der Waals surface area contributed by atoms with E-state index < -0.39 is 0 Å². The van der Waals surface area contributed by atoms with Crippen LogP contribution in [-0.4, -0.2) is 0 Å². The number of hydrogen-bond donors (Lipinski definition) is 0. The third-order valence-electron chi connectivity index (χ3n) is 2.99. The molecule has 2 heteroatoms. The average Bonchev–Trinajstić information content (AvgIpc) is 2.21. The van der Waals surface area contributed by atoms with Crippen molar-refractivity contribution >= 4 is 27.5 Å². The lowest BCUT2D eigenvalue weighted by molar-refractivity contribution is 0.554. The standard InChI is InChI=1S/C13H18BrCl/c1-5-8(2)13(14)11-6-10(4)12(15)7-9(11)3/h6-8,13H,5H2,1-4H3. The van der Waals surface area contributed by atoms with Crippen LogP contribution < -0.4 is 0 Å². The first kappa shape index (κ1) is 13.1. The van der Waals surface area contributed by atoms with Gasteiger partial charge in [-0.15, -0.1) is 0 Å². The van der Waals surface area contributed by atoms with Crippen LogP contribution in [0.2, 0.25) is 5.02 Å². The van der Waals surface area contributed by atoms with Crippen LogP contribution in [-0.2, 0) is 0 Å². The summed E-state index contributed by atoms with van der Waals surface area (Å²) in [4.78, 5) is 0.429. The number of hydrogen-bond acceptors (Lipinski definition) is 0. The summed E-state index contributed by atoms with van der Waals surface area (Å²) in [5, 5.41) is 0.861. The molecule has 0 radical (unpaired) electrons. The molecule has 0 aliphatic carbocycles. The van der Waals surface area contributed by atoms with E-state index in [9.17, 15) is 0 Å². The minimum absolute atomic E-state index is 0.429. The zero-order valence-corrected chi connectivity index (χ0v) is 12.1. The molecule has 0 aliphatic heterocycles. The maximum absolute atomic E-state index is 6.09. The molecule has 0 N–H and O–H groups in total. The maximum Gasteiger partial charge on any atom is 0.0438 e. The highest BCUT2D eigenvalue weighted by Gasteiger charge is 2.17. The van der Waals surface area contributed by atoms with Crippen LogP contribution in [0, 0.1) is 19.8 Å². The Hall–Kier alpha value is -0.0100. The van der Waals surface area contributed by atoms with E-state index in [4.69, 9.17) is 11.6 Å². The van der Waals surface area contributed by atoms with Crippen molar-refractivity contribution in [1.82, 2.24) is 0 Å². The van der Waals surface area contributed by atoms with E-state index in [1.54, 1.807) is 0 Å². The Balaban J connectivity index is 3.09. The van der Waals surface area contributed by atoms with Crippen LogP contribution in [0.4, 0.5) is 0 Å². The van der Waals surface area contributed by atoms with E-state index in [-0.39, 0.29) is 0 Å². The highest BCUT2D eigenvalue weighted by Crippen LogP contribution is 2.36. The predicted octanol–water partition coefficient (Wildman–Crippen LogP) is 5.44. The van der Waals surface area contributed by atoms with Gasteiger partial charge >= 0.3 is 0 Å². The van der Waals surface area contributed by atoms with Gasteiger partial charge in [0.05, 0.1) is 0 Å². The van der Waals surface area contributed by atoms with Gasteiger partial charge in [0.1, 0.15) is 0 Å². The molecule has 1 rings (SSSR count). The first-order valence-corrected chi connectivity index (χ1v) is 6.67. The highest BCUT2D eigenvalue weighted by atomic mass is 79.9. The van der Waals surface area contributed by atoms with Gasteiger partial charge in [-0.2, -0.15) is 0 Å². The van der Waals surface area contributed by atoms with Crippen molar-refractivity contribution in [3.63, 3.8) is 0 Å². The summed E-state index contributed by atoms with van der Waals surface area (Å²) in [7, 11) is 0. The van der Waals surface area contributed by atoms with Gasteiger partial charge < -0.3 is 0 Å². The second-order valence-corrected chi connectivity index (χ2v) is 5.64. The molecular weight excluding hydrogens is 272 g/mol. The molecule has 0 heterocycles. The molecule has 0 amide bonds. The molecule has 0 nitrogen and oxygen atoms in total. The molecule has 1 aromatic rings. The third-order valence-corrected chi connectivity index (χ3v) is 4.79. The minimum Gasteiger partial charge on any atom is -0.0840 e. The lowest BCUT2D eigenvalue weighted by atomic mass is 9.94. The topological polar surface area (TPSA) is 0 Å². The van der Waals surface area contributed by atoms with Crippen LogP contribution in [0.5, 0.6) is 0 Å². The van der Waals surface area contributed by atoms with Crippen molar-refractivity contribution < 1.29 is 0 Å². The van der Waals surface area contributed by atoms with Crippen molar-refractivity contribution in [2.75, 3.05) is 0 Å². The summed E-state index contributed by atoms with van der Waals surface area (Å²) in [6, 6.07) is 4.26. The van der Waals surface area contributed by atoms with Crippen molar-refractivity contribution in [2.24, 2.45) is 5.92 Å². The summed E-state index contributed by atoms with van der Waals surface area (Å²) < 4.78 is 0. The van der Waals surface area contributed by atoms with E-state index >= 15 is 0 Å². The molecule has 0 aliphatic rings. The molecule has 0 bridgehead atoms. The summed E-state index contributed by atoms with van der Waals surface area (Å²) in [5.41, 5.74) is 3.80. The Morgan fingerprint density at radius 1 is 1.27 bits per heavy atom. The second kappa shape index (κ2) is 5.36. The van der Waals surface area contributed by atoms with Crippen LogP contribution in [0.15, 0.2) is 12.1 Å². The molecule has 0 spiro atoms. The Kier molecular flexibility index (Phi) is 4.66. The smallest absolute Gasteiger partial charge is 0.0438 e. The zero-order chi connectivity index (χ0) is 11.6. The van der Waals surface area contributed by atoms with Crippen molar-refractivity contribution in [1.29, 1.82) is 0 Å². The van der Waals surface area contributed by atoms with Crippen LogP contribution >= 0.6 is 27.5 Å². The van der Waals surface area contributed by atoms with Crippen LogP contribution in [0.1, 0.15) is 41.8 Å². The SMILES string of the molecule is CCC(C)C(Br)c1cc(C)c(Cl)cc1C. The van der Waals surface area contributed by atoms with Gasteiger partial charge in [-0.05, 0) is 42.5 Å². The summed E-state index contributed by atoms with van der Waals surface area (Å²) in [6.07, 6.45) is 1.18. The van der Waals surface area contributed by atoms with Gasteiger partial charge in [-0.25, -0.2) is 0 Å². The van der Waals surface area contributed by atoms with Crippen LogP contribution in [0.3, 0.4) is 0 Å². The van der Waals surface area contributed by atoms with Crippen molar-refractivity contribution in [3.05, 3.63) is 33.8 Å². The summed E-state index contributed by atoms with van der Waals surface area (Å²) >= 11 is 9.87. The highest BCUT2D eigenvalue weighted by molar-refractivity contribution is 9.09. The predicted molar refractivity (Wildman–Crippen MR) is 72.0 cm³/mol. The largest absolute Gasteiger partial charge is 0.0840 e. The summed E-state index contributed by atoms with van der Waals surface area (Å²) in [6.45, 7) is 8.67. The molecule has 0 fully saturated rings. The lowest BCUT2D eigenvalue weighted by Gasteiger charge is -2.20. The van der Waals surface area contributed by atoms with E-state index in [2.05, 4.69) is 55.8 Å². The van der Waals surface area contributed by atoms with Crippen LogP contribution in [0.25, 0.3) is 0 Å². The second-order valence-electron chi connectivity index (χ2n) is 4.25. The van der Waals surface area contributed by atoms with Gasteiger partial charge in [-0.1, -0.05) is 53.9 Å². The molecule has 2 atom stereocenters. The van der Waals surface area contributed by atoms with Gasteiger partial charge in [0, 0.05) is 9.85 Å². The fourth-order valence-electron chi connectivity index (χ4n) is 1.61. The number of halogens is 2. The molecule has 0 saturated heterocycles. The van der Waals surface area contributed by atoms with Crippen molar-refractivity contribution in [3.8, 4) is 0 Å². The molecule has 1 aromatic carbocycles. The van der Waals surface area contributed by atoms with Gasteiger partial charge in [0.2, 0.25) is 0 Å². The number of aryl methyl sites for hydroxylation is 2. The Morgan fingerprint density at radius 2 is 1.87 bits per heavy atom. The van der Waals surface area contributed by atoms with E-state index in [0.29, 0.717) is 10.7 Å². The van der Waals surface area contributed by atoms with E-state index in [1.807, 2.05) is 0 Å². The van der Waals surface area contributed by atoms with Crippen molar-refractivity contribution in [2.45, 2.75) is 38.9 Å². The summed E-state index contributed by atoms with van der Waals surface area (Å²) in [5.74, 6) is 0.643. The maximum atomic E-state index is 6.09. The molecular formula is C13H18BrCl. The van der Waals surface area contributed by atoms with Gasteiger partial charge in [-0.3, -0.25) is 0 Å². The molecule has 2 unspecified atom stereocenters. The third kappa shape index (κ3) is 2.98. The molecule has 15 heavy (non-hydrogen) atoms. The van der Waals surface area contributed by atoms with Gasteiger partial charge in [0.25, 0.3) is 0 Å². The number of alkyl halides is 1. The lowest BCUT2D eigenvalue weighted by Crippen LogP contribution is -2.04.